The molecule has 0 spiro atoms. The first-order chi connectivity index (χ1) is 9.58. The van der Waals surface area contributed by atoms with E-state index in [1.807, 2.05) is 0 Å². The Hall–Kier alpha value is -1.30. The fourth-order valence-electron chi connectivity index (χ4n) is 1.97. The van der Waals surface area contributed by atoms with E-state index in [9.17, 15) is 5.11 Å². The van der Waals surface area contributed by atoms with E-state index in [0.29, 0.717) is 23.6 Å². The van der Waals surface area contributed by atoms with E-state index < -0.39 is 6.10 Å². The first-order valence-electron chi connectivity index (χ1n) is 6.87. The Morgan fingerprint density at radius 2 is 1.95 bits per heavy atom. The Balaban J connectivity index is 2.51. The smallest absolute Gasteiger partial charge is 0.124 e. The van der Waals surface area contributed by atoms with Crippen LogP contribution in [0.4, 0.5) is 0 Å². The van der Waals surface area contributed by atoms with Crippen molar-refractivity contribution in [3.8, 4) is 11.5 Å². The van der Waals surface area contributed by atoms with Crippen molar-refractivity contribution in [1.29, 1.82) is 0 Å². The standard InChI is InChI=1S/C15H25NO4/c1-11(17)5-4-8-16-10-14(18)13-9-12(19-2)6-7-15(13)20-3/h6-7,9,11,14,16-18H,4-5,8,10H2,1-3H3. The lowest BCUT2D eigenvalue weighted by Gasteiger charge is -2.16. The van der Waals surface area contributed by atoms with Crippen molar-refractivity contribution in [2.24, 2.45) is 0 Å². The second-order valence-electron chi connectivity index (χ2n) is 4.82. The van der Waals surface area contributed by atoms with E-state index in [2.05, 4.69) is 5.32 Å². The first kappa shape index (κ1) is 16.8. The minimum absolute atomic E-state index is 0.278. The lowest BCUT2D eigenvalue weighted by atomic mass is 10.1. The number of methoxy groups -OCH3 is 2. The van der Waals surface area contributed by atoms with Crippen molar-refractivity contribution in [3.05, 3.63) is 23.8 Å². The molecule has 0 aromatic heterocycles. The average molecular weight is 283 g/mol. The van der Waals surface area contributed by atoms with Crippen LogP contribution >= 0.6 is 0 Å². The molecule has 0 saturated carbocycles. The van der Waals surface area contributed by atoms with Crippen LogP contribution in [0.25, 0.3) is 0 Å². The molecule has 0 bridgehead atoms. The number of aliphatic hydroxyl groups is 2. The van der Waals surface area contributed by atoms with Gasteiger partial charge in [0.2, 0.25) is 0 Å². The van der Waals surface area contributed by atoms with Crippen LogP contribution in [0.5, 0.6) is 11.5 Å². The number of benzene rings is 1. The molecule has 0 aliphatic heterocycles. The van der Waals surface area contributed by atoms with Crippen LogP contribution in [0.15, 0.2) is 18.2 Å². The lowest BCUT2D eigenvalue weighted by Crippen LogP contribution is -2.23. The average Bonchev–Trinajstić information content (AvgIpc) is 2.45. The fourth-order valence-corrected chi connectivity index (χ4v) is 1.97. The van der Waals surface area contributed by atoms with Gasteiger partial charge in [0.25, 0.3) is 0 Å². The molecule has 0 saturated heterocycles. The molecule has 2 atom stereocenters. The van der Waals surface area contributed by atoms with E-state index in [1.54, 1.807) is 39.3 Å². The summed E-state index contributed by atoms with van der Waals surface area (Å²) in [7, 11) is 3.17. The van der Waals surface area contributed by atoms with Gasteiger partial charge in [0.05, 0.1) is 26.4 Å². The molecule has 0 radical (unpaired) electrons. The predicted octanol–water partition coefficient (Wildman–Crippen LogP) is 1.49. The maximum absolute atomic E-state index is 10.2. The predicted molar refractivity (Wildman–Crippen MR) is 78.3 cm³/mol. The highest BCUT2D eigenvalue weighted by Gasteiger charge is 2.14. The van der Waals surface area contributed by atoms with Crippen molar-refractivity contribution in [2.45, 2.75) is 32.0 Å². The van der Waals surface area contributed by atoms with Crippen LogP contribution in [-0.4, -0.2) is 43.6 Å². The minimum atomic E-state index is -0.661. The van der Waals surface area contributed by atoms with Crippen LogP contribution in [0, 0.1) is 0 Å². The molecule has 3 N–H and O–H groups in total. The van der Waals surface area contributed by atoms with E-state index in [4.69, 9.17) is 14.6 Å². The summed E-state index contributed by atoms with van der Waals surface area (Å²) < 4.78 is 10.4. The molecule has 114 valence electrons. The first-order valence-corrected chi connectivity index (χ1v) is 6.87. The maximum atomic E-state index is 10.2. The van der Waals surface area contributed by atoms with Crippen LogP contribution in [0.3, 0.4) is 0 Å². The lowest BCUT2D eigenvalue weighted by molar-refractivity contribution is 0.165. The fraction of sp³-hybridized carbons (Fsp3) is 0.600. The van der Waals surface area contributed by atoms with Gasteiger partial charge >= 0.3 is 0 Å². The molecule has 0 amide bonds. The summed E-state index contributed by atoms with van der Waals surface area (Å²) in [5, 5.41) is 22.5. The van der Waals surface area contributed by atoms with E-state index in [1.165, 1.54) is 0 Å². The molecule has 0 aliphatic carbocycles. The Labute approximate surface area is 120 Å². The number of aliphatic hydroxyl groups excluding tert-OH is 2. The van der Waals surface area contributed by atoms with Crippen LogP contribution < -0.4 is 14.8 Å². The molecule has 5 heteroatoms. The van der Waals surface area contributed by atoms with E-state index >= 15 is 0 Å². The van der Waals surface area contributed by atoms with Gasteiger partial charge in [-0.3, -0.25) is 0 Å². The third-order valence-corrected chi connectivity index (χ3v) is 3.11. The van der Waals surface area contributed by atoms with Gasteiger partial charge in [-0.15, -0.1) is 0 Å². The summed E-state index contributed by atoms with van der Waals surface area (Å²) in [4.78, 5) is 0. The quantitative estimate of drug-likeness (QED) is 0.599. The molecule has 0 fully saturated rings. The monoisotopic (exact) mass is 283 g/mol. The Kier molecular flexibility index (Phi) is 7.36. The molecular formula is C15H25NO4. The van der Waals surface area contributed by atoms with Gasteiger partial charge in [0.1, 0.15) is 11.5 Å². The van der Waals surface area contributed by atoms with Crippen molar-refractivity contribution < 1.29 is 19.7 Å². The van der Waals surface area contributed by atoms with Gasteiger partial charge < -0.3 is 25.0 Å². The third-order valence-electron chi connectivity index (χ3n) is 3.11. The summed E-state index contributed by atoms with van der Waals surface area (Å²) in [6.07, 6.45) is 0.692. The topological polar surface area (TPSA) is 71.0 Å². The number of hydrogen-bond acceptors (Lipinski definition) is 5. The Morgan fingerprint density at radius 1 is 1.20 bits per heavy atom. The molecule has 20 heavy (non-hydrogen) atoms. The second-order valence-corrected chi connectivity index (χ2v) is 4.82. The number of ether oxygens (including phenoxy) is 2. The maximum Gasteiger partial charge on any atom is 0.124 e. The molecular weight excluding hydrogens is 258 g/mol. The van der Waals surface area contributed by atoms with Gasteiger partial charge in [-0.1, -0.05) is 0 Å². The molecule has 1 aromatic carbocycles. The van der Waals surface area contributed by atoms with Gasteiger partial charge in [-0.25, -0.2) is 0 Å². The molecule has 1 rings (SSSR count). The zero-order chi connectivity index (χ0) is 15.0. The van der Waals surface area contributed by atoms with Crippen molar-refractivity contribution in [1.82, 2.24) is 5.32 Å². The summed E-state index contributed by atoms with van der Waals surface area (Å²) in [5.74, 6) is 1.33. The normalized spacial score (nSPS) is 13.8. The van der Waals surface area contributed by atoms with Gasteiger partial charge in [-0.05, 0) is 44.5 Å². The van der Waals surface area contributed by atoms with E-state index in [0.717, 1.165) is 19.4 Å². The summed E-state index contributed by atoms with van der Waals surface area (Å²) in [5.41, 5.74) is 0.704. The Bertz CT molecular complexity index is 395. The number of rotatable bonds is 9. The highest BCUT2D eigenvalue weighted by Crippen LogP contribution is 2.28. The molecule has 1 aromatic rings. The summed E-state index contributed by atoms with van der Waals surface area (Å²) in [6.45, 7) is 2.97. The zero-order valence-corrected chi connectivity index (χ0v) is 12.4. The zero-order valence-electron chi connectivity index (χ0n) is 12.4. The molecule has 5 nitrogen and oxygen atoms in total. The van der Waals surface area contributed by atoms with Crippen molar-refractivity contribution in [2.75, 3.05) is 27.3 Å². The van der Waals surface area contributed by atoms with Crippen LogP contribution in [-0.2, 0) is 0 Å². The highest BCUT2D eigenvalue weighted by molar-refractivity contribution is 5.41. The van der Waals surface area contributed by atoms with Crippen LogP contribution in [0.2, 0.25) is 0 Å². The van der Waals surface area contributed by atoms with Crippen molar-refractivity contribution in [3.63, 3.8) is 0 Å². The van der Waals surface area contributed by atoms with Gasteiger partial charge in [0.15, 0.2) is 0 Å². The van der Waals surface area contributed by atoms with Crippen molar-refractivity contribution >= 4 is 0 Å². The minimum Gasteiger partial charge on any atom is -0.497 e. The third kappa shape index (κ3) is 5.36. The summed E-state index contributed by atoms with van der Waals surface area (Å²) in [6, 6.07) is 5.36. The number of nitrogens with one attached hydrogen (secondary N) is 1. The van der Waals surface area contributed by atoms with E-state index in [-0.39, 0.29) is 6.10 Å². The molecule has 0 aliphatic rings. The summed E-state index contributed by atoms with van der Waals surface area (Å²) >= 11 is 0. The van der Waals surface area contributed by atoms with Gasteiger partial charge in [0, 0.05) is 12.1 Å². The SMILES string of the molecule is COc1ccc(OC)c(C(O)CNCCCC(C)O)c1. The largest absolute Gasteiger partial charge is 0.497 e. The number of hydrogen-bond donors (Lipinski definition) is 3. The highest BCUT2D eigenvalue weighted by atomic mass is 16.5. The van der Waals surface area contributed by atoms with Crippen LogP contribution in [0.1, 0.15) is 31.4 Å². The molecule has 0 heterocycles. The Morgan fingerprint density at radius 3 is 2.55 bits per heavy atom. The van der Waals surface area contributed by atoms with Gasteiger partial charge in [-0.2, -0.15) is 0 Å². The molecule has 2 unspecified atom stereocenters. The second kappa shape index (κ2) is 8.79.